The largest absolute Gasteiger partial charge is 0.498 e. The molecule has 0 rings (SSSR count). The lowest BCUT2D eigenvalue weighted by molar-refractivity contribution is 0.215. The lowest BCUT2D eigenvalue weighted by Gasteiger charge is -2.02. The van der Waals surface area contributed by atoms with E-state index in [0.717, 1.165) is 12.2 Å². The summed E-state index contributed by atoms with van der Waals surface area (Å²) in [5.74, 6) is 1.54. The Labute approximate surface area is 81.1 Å². The van der Waals surface area contributed by atoms with Crippen LogP contribution >= 0.6 is 11.6 Å². The number of hydrogen-bond acceptors (Lipinski definition) is 1. The Balaban J connectivity index is 0. The monoisotopic (exact) mass is 190 g/mol. The van der Waals surface area contributed by atoms with Gasteiger partial charge in [0.1, 0.15) is 0 Å². The highest BCUT2D eigenvalue weighted by atomic mass is 35.5. The molecule has 0 aliphatic carbocycles. The summed E-state index contributed by atoms with van der Waals surface area (Å²) >= 11 is 5.44. The van der Waals surface area contributed by atoms with Crippen LogP contribution < -0.4 is 0 Å². The van der Waals surface area contributed by atoms with Crippen molar-refractivity contribution < 1.29 is 4.74 Å². The zero-order valence-electron chi connectivity index (χ0n) is 8.27. The Kier molecular flexibility index (Phi) is 15.5. The van der Waals surface area contributed by atoms with E-state index in [2.05, 4.69) is 6.58 Å². The maximum atomic E-state index is 5.44. The quantitative estimate of drug-likeness (QED) is 0.278. The molecule has 0 N–H and O–H groups in total. The van der Waals surface area contributed by atoms with Crippen LogP contribution in [0.5, 0.6) is 0 Å². The molecule has 72 valence electrons. The van der Waals surface area contributed by atoms with Gasteiger partial charge in [-0.2, -0.15) is 0 Å². The van der Waals surface area contributed by atoms with E-state index in [4.69, 9.17) is 16.3 Å². The zero-order valence-corrected chi connectivity index (χ0v) is 9.03. The van der Waals surface area contributed by atoms with Gasteiger partial charge < -0.3 is 4.74 Å². The van der Waals surface area contributed by atoms with E-state index < -0.39 is 0 Å². The van der Waals surface area contributed by atoms with Gasteiger partial charge in [0.05, 0.1) is 12.4 Å². The summed E-state index contributed by atoms with van der Waals surface area (Å²) in [7, 11) is 0. The van der Waals surface area contributed by atoms with E-state index in [1.54, 1.807) is 6.08 Å². The van der Waals surface area contributed by atoms with Gasteiger partial charge in [-0.3, -0.25) is 0 Å². The minimum absolute atomic E-state index is 0.654. The fraction of sp³-hybridized carbons (Fsp3) is 0.600. The highest BCUT2D eigenvalue weighted by molar-refractivity contribution is 6.17. The smallest absolute Gasteiger partial charge is 0.0928 e. The first-order chi connectivity index (χ1) is 5.81. The van der Waals surface area contributed by atoms with E-state index in [0.29, 0.717) is 12.5 Å². The second-order valence-electron chi connectivity index (χ2n) is 1.90. The SMILES string of the molecule is C=C/C=C(\C)OCCCCl.CC. The highest BCUT2D eigenvalue weighted by Gasteiger charge is 1.86. The van der Waals surface area contributed by atoms with Crippen LogP contribution in [0.25, 0.3) is 0 Å². The zero-order chi connectivity index (χ0) is 9.82. The third-order valence-electron chi connectivity index (χ3n) is 0.960. The van der Waals surface area contributed by atoms with Crippen LogP contribution in [-0.4, -0.2) is 12.5 Å². The molecule has 0 saturated heterocycles. The van der Waals surface area contributed by atoms with Gasteiger partial charge in [0, 0.05) is 5.88 Å². The molecule has 0 aromatic rings. The number of rotatable bonds is 5. The number of ether oxygens (including phenoxy) is 1. The van der Waals surface area contributed by atoms with Gasteiger partial charge in [0.15, 0.2) is 0 Å². The molecular formula is C10H19ClO. The summed E-state index contributed by atoms with van der Waals surface area (Å²) in [4.78, 5) is 0. The molecule has 0 atom stereocenters. The maximum absolute atomic E-state index is 5.44. The standard InChI is InChI=1S/C8H13ClO.C2H6/c1-3-5-8(2)10-7-4-6-9;1-2/h3,5H,1,4,6-7H2,2H3;1-2H3/b8-5+;. The van der Waals surface area contributed by atoms with Crippen molar-refractivity contribution in [2.75, 3.05) is 12.5 Å². The third kappa shape index (κ3) is 12.3. The maximum Gasteiger partial charge on any atom is 0.0928 e. The van der Waals surface area contributed by atoms with E-state index in [1.165, 1.54) is 0 Å². The molecule has 0 aliphatic heterocycles. The Hall–Kier alpha value is -0.430. The van der Waals surface area contributed by atoms with Gasteiger partial charge in [0.2, 0.25) is 0 Å². The Bertz CT molecular complexity index is 119. The average molecular weight is 191 g/mol. The first-order valence-corrected chi connectivity index (χ1v) is 4.82. The summed E-state index contributed by atoms with van der Waals surface area (Å²) in [6, 6.07) is 0. The van der Waals surface area contributed by atoms with Crippen LogP contribution in [0.15, 0.2) is 24.5 Å². The van der Waals surface area contributed by atoms with Gasteiger partial charge in [-0.05, 0) is 19.4 Å². The Morgan fingerprint density at radius 3 is 2.50 bits per heavy atom. The Morgan fingerprint density at radius 2 is 2.08 bits per heavy atom. The van der Waals surface area contributed by atoms with Gasteiger partial charge in [-0.15, -0.1) is 11.6 Å². The van der Waals surface area contributed by atoms with Gasteiger partial charge in [-0.25, -0.2) is 0 Å². The van der Waals surface area contributed by atoms with E-state index in [1.807, 2.05) is 26.8 Å². The summed E-state index contributed by atoms with van der Waals surface area (Å²) in [5, 5.41) is 0. The summed E-state index contributed by atoms with van der Waals surface area (Å²) in [5.41, 5.74) is 0. The van der Waals surface area contributed by atoms with Crippen molar-refractivity contribution in [3.8, 4) is 0 Å². The summed E-state index contributed by atoms with van der Waals surface area (Å²) in [6.07, 6.45) is 4.42. The van der Waals surface area contributed by atoms with Crippen molar-refractivity contribution >= 4 is 11.6 Å². The van der Waals surface area contributed by atoms with Crippen LogP contribution in [0, 0.1) is 0 Å². The molecule has 0 fully saturated rings. The minimum Gasteiger partial charge on any atom is -0.498 e. The number of alkyl halides is 1. The van der Waals surface area contributed by atoms with E-state index >= 15 is 0 Å². The van der Waals surface area contributed by atoms with Crippen molar-refractivity contribution in [2.24, 2.45) is 0 Å². The number of halogens is 1. The molecule has 0 spiro atoms. The van der Waals surface area contributed by atoms with E-state index in [9.17, 15) is 0 Å². The molecule has 0 amide bonds. The van der Waals surface area contributed by atoms with Crippen LogP contribution in [0.3, 0.4) is 0 Å². The molecule has 0 saturated carbocycles. The molecule has 0 aliphatic rings. The lowest BCUT2D eigenvalue weighted by atomic mass is 10.4. The molecule has 0 bridgehead atoms. The first-order valence-electron chi connectivity index (χ1n) is 4.29. The van der Waals surface area contributed by atoms with Crippen LogP contribution in [0.2, 0.25) is 0 Å². The van der Waals surface area contributed by atoms with Crippen molar-refractivity contribution in [3.05, 3.63) is 24.5 Å². The number of allylic oxidation sites excluding steroid dienone is 3. The summed E-state index contributed by atoms with van der Waals surface area (Å²) < 4.78 is 5.23. The lowest BCUT2D eigenvalue weighted by Crippen LogP contribution is -1.92. The average Bonchev–Trinajstić information content (AvgIpc) is 2.09. The van der Waals surface area contributed by atoms with E-state index in [-0.39, 0.29) is 0 Å². The fourth-order valence-corrected chi connectivity index (χ4v) is 0.611. The highest BCUT2D eigenvalue weighted by Crippen LogP contribution is 1.96. The molecule has 1 nitrogen and oxygen atoms in total. The van der Waals surface area contributed by atoms with Gasteiger partial charge in [0.25, 0.3) is 0 Å². The third-order valence-corrected chi connectivity index (χ3v) is 1.23. The molecule has 0 radical (unpaired) electrons. The Morgan fingerprint density at radius 1 is 1.50 bits per heavy atom. The molecule has 2 heteroatoms. The molecule has 0 heterocycles. The molecule has 0 unspecified atom stereocenters. The fourth-order valence-electron chi connectivity index (χ4n) is 0.502. The number of hydrogen-bond donors (Lipinski definition) is 0. The summed E-state index contributed by atoms with van der Waals surface area (Å²) in [6.45, 7) is 10.1. The predicted octanol–water partition coefficient (Wildman–Crippen LogP) is 3.75. The van der Waals surface area contributed by atoms with Crippen LogP contribution in [0.1, 0.15) is 27.2 Å². The van der Waals surface area contributed by atoms with Crippen molar-refractivity contribution in [1.82, 2.24) is 0 Å². The van der Waals surface area contributed by atoms with Crippen LogP contribution in [-0.2, 0) is 4.74 Å². The second kappa shape index (κ2) is 13.2. The topological polar surface area (TPSA) is 9.23 Å². The minimum atomic E-state index is 0.654. The molecular weight excluding hydrogens is 172 g/mol. The van der Waals surface area contributed by atoms with Crippen molar-refractivity contribution in [3.63, 3.8) is 0 Å². The van der Waals surface area contributed by atoms with Gasteiger partial charge >= 0.3 is 0 Å². The van der Waals surface area contributed by atoms with Gasteiger partial charge in [-0.1, -0.05) is 26.5 Å². The second-order valence-corrected chi connectivity index (χ2v) is 2.28. The van der Waals surface area contributed by atoms with Crippen molar-refractivity contribution in [2.45, 2.75) is 27.2 Å². The molecule has 0 aromatic heterocycles. The molecule has 0 aromatic carbocycles. The normalized spacial score (nSPS) is 9.83. The van der Waals surface area contributed by atoms with Crippen LogP contribution in [0.4, 0.5) is 0 Å². The predicted molar refractivity (Wildman–Crippen MR) is 56.6 cm³/mol. The van der Waals surface area contributed by atoms with Crippen molar-refractivity contribution in [1.29, 1.82) is 0 Å². The molecule has 12 heavy (non-hydrogen) atoms. The first kappa shape index (κ1) is 14.1.